The first-order valence-corrected chi connectivity index (χ1v) is 4.82. The van der Waals surface area contributed by atoms with E-state index in [4.69, 9.17) is 5.73 Å². The lowest BCUT2D eigenvalue weighted by molar-refractivity contribution is 0.483. The van der Waals surface area contributed by atoms with Crippen LogP contribution in [0.15, 0.2) is 12.4 Å². The predicted molar refractivity (Wildman–Crippen MR) is 54.5 cm³/mol. The Morgan fingerprint density at radius 2 is 2.23 bits per heavy atom. The largest absolute Gasteiger partial charge is 0.335 e. The van der Waals surface area contributed by atoms with Gasteiger partial charge in [-0.2, -0.15) is 0 Å². The molecule has 0 saturated carbocycles. The van der Waals surface area contributed by atoms with E-state index in [1.54, 1.807) is 0 Å². The van der Waals surface area contributed by atoms with Crippen LogP contribution in [0.1, 0.15) is 33.0 Å². The zero-order chi connectivity index (χ0) is 9.90. The highest BCUT2D eigenvalue weighted by molar-refractivity contribution is 4.97. The van der Waals surface area contributed by atoms with Crippen molar-refractivity contribution in [2.24, 2.45) is 5.73 Å². The van der Waals surface area contributed by atoms with Gasteiger partial charge in [0.2, 0.25) is 0 Å². The highest BCUT2D eigenvalue weighted by Crippen LogP contribution is 2.08. The summed E-state index contributed by atoms with van der Waals surface area (Å²) in [5.74, 6) is 1.09. The minimum absolute atomic E-state index is 0.170. The fraction of sp³-hybridized carbons (Fsp3) is 0.700. The van der Waals surface area contributed by atoms with Crippen LogP contribution in [0.4, 0.5) is 0 Å². The van der Waals surface area contributed by atoms with Gasteiger partial charge in [0.05, 0.1) is 0 Å². The van der Waals surface area contributed by atoms with Crippen molar-refractivity contribution in [3.63, 3.8) is 0 Å². The molecule has 1 aromatic rings. The molecule has 0 spiro atoms. The number of nitrogens with two attached hydrogens (primary N) is 1. The average Bonchev–Trinajstić information content (AvgIpc) is 2.34. The molecule has 74 valence electrons. The van der Waals surface area contributed by atoms with Crippen LogP contribution in [0.5, 0.6) is 0 Å². The molecule has 0 aliphatic carbocycles. The zero-order valence-electron chi connectivity index (χ0n) is 8.75. The maximum absolute atomic E-state index is 5.94. The van der Waals surface area contributed by atoms with E-state index in [0.717, 1.165) is 25.2 Å². The molecule has 0 bridgehead atoms. The average molecular weight is 181 g/mol. The molecule has 0 amide bonds. The molecule has 0 atom stereocenters. The van der Waals surface area contributed by atoms with Crippen LogP contribution in [0.3, 0.4) is 0 Å². The summed E-state index contributed by atoms with van der Waals surface area (Å²) in [6.45, 7) is 7.25. The molecule has 3 heteroatoms. The minimum Gasteiger partial charge on any atom is -0.335 e. The molecule has 0 aromatic carbocycles. The maximum atomic E-state index is 5.94. The van der Waals surface area contributed by atoms with E-state index in [1.807, 2.05) is 26.2 Å². The zero-order valence-corrected chi connectivity index (χ0v) is 8.75. The fourth-order valence-corrected chi connectivity index (χ4v) is 1.36. The maximum Gasteiger partial charge on any atom is 0.110 e. The molecule has 0 fully saturated rings. The molecule has 0 unspecified atom stereocenters. The summed E-state index contributed by atoms with van der Waals surface area (Å²) in [7, 11) is 0. The minimum atomic E-state index is -0.170. The molecule has 3 nitrogen and oxygen atoms in total. The van der Waals surface area contributed by atoms with Crippen LogP contribution in [0.25, 0.3) is 0 Å². The molecule has 1 heterocycles. The second-order valence-electron chi connectivity index (χ2n) is 4.20. The van der Waals surface area contributed by atoms with Crippen LogP contribution in [0.2, 0.25) is 0 Å². The van der Waals surface area contributed by atoms with Crippen molar-refractivity contribution in [2.45, 2.75) is 45.7 Å². The third-order valence-corrected chi connectivity index (χ3v) is 1.88. The summed E-state index contributed by atoms with van der Waals surface area (Å²) >= 11 is 0. The van der Waals surface area contributed by atoms with Crippen molar-refractivity contribution in [3.05, 3.63) is 18.2 Å². The standard InChI is InChI=1S/C10H19N3/c1-4-6-13-7-5-12-9(13)8-10(2,3)11/h5,7H,4,6,8,11H2,1-3H3. The second kappa shape index (κ2) is 3.92. The van der Waals surface area contributed by atoms with Crippen molar-refractivity contribution >= 4 is 0 Å². The van der Waals surface area contributed by atoms with Crippen LogP contribution in [-0.2, 0) is 13.0 Å². The topological polar surface area (TPSA) is 43.8 Å². The fourth-order valence-electron chi connectivity index (χ4n) is 1.36. The first-order chi connectivity index (χ1) is 6.03. The van der Waals surface area contributed by atoms with Crippen LogP contribution < -0.4 is 5.73 Å². The molecular weight excluding hydrogens is 162 g/mol. The lowest BCUT2D eigenvalue weighted by atomic mass is 10.0. The molecule has 0 aliphatic heterocycles. The lowest BCUT2D eigenvalue weighted by Gasteiger charge is -2.18. The predicted octanol–water partition coefficient (Wildman–Crippen LogP) is 1.57. The summed E-state index contributed by atoms with van der Waals surface area (Å²) in [6, 6.07) is 0. The smallest absolute Gasteiger partial charge is 0.110 e. The molecule has 0 saturated heterocycles. The van der Waals surface area contributed by atoms with E-state index >= 15 is 0 Å². The summed E-state index contributed by atoms with van der Waals surface area (Å²) in [4.78, 5) is 4.30. The number of aryl methyl sites for hydroxylation is 1. The monoisotopic (exact) mass is 181 g/mol. The SMILES string of the molecule is CCCn1ccnc1CC(C)(C)N. The van der Waals surface area contributed by atoms with E-state index in [1.165, 1.54) is 0 Å². The van der Waals surface area contributed by atoms with Gasteiger partial charge in [0, 0.05) is 30.9 Å². The Labute approximate surface area is 80.0 Å². The Kier molecular flexibility index (Phi) is 3.09. The number of imidazole rings is 1. The summed E-state index contributed by atoms with van der Waals surface area (Å²) in [5.41, 5.74) is 5.77. The van der Waals surface area contributed by atoms with Crippen LogP contribution >= 0.6 is 0 Å². The van der Waals surface area contributed by atoms with Gasteiger partial charge in [0.15, 0.2) is 0 Å². The lowest BCUT2D eigenvalue weighted by Crippen LogP contribution is -2.35. The normalized spacial score (nSPS) is 12.0. The Morgan fingerprint density at radius 1 is 1.54 bits per heavy atom. The molecule has 1 rings (SSSR count). The van der Waals surface area contributed by atoms with Crippen molar-refractivity contribution < 1.29 is 0 Å². The Bertz CT molecular complexity index is 257. The van der Waals surface area contributed by atoms with Gasteiger partial charge in [-0.1, -0.05) is 6.92 Å². The Morgan fingerprint density at radius 3 is 2.77 bits per heavy atom. The highest BCUT2D eigenvalue weighted by Gasteiger charge is 2.14. The van der Waals surface area contributed by atoms with Gasteiger partial charge in [-0.15, -0.1) is 0 Å². The number of hydrogen-bond acceptors (Lipinski definition) is 2. The third kappa shape index (κ3) is 3.19. The number of hydrogen-bond donors (Lipinski definition) is 1. The Hall–Kier alpha value is -0.830. The molecule has 0 radical (unpaired) electrons. The van der Waals surface area contributed by atoms with Crippen LogP contribution in [-0.4, -0.2) is 15.1 Å². The summed E-state index contributed by atoms with van der Waals surface area (Å²) in [6.07, 6.45) is 5.83. The third-order valence-electron chi connectivity index (χ3n) is 1.88. The van der Waals surface area contributed by atoms with E-state index in [2.05, 4.69) is 16.5 Å². The van der Waals surface area contributed by atoms with Crippen molar-refractivity contribution in [3.8, 4) is 0 Å². The van der Waals surface area contributed by atoms with E-state index in [9.17, 15) is 0 Å². The first kappa shape index (κ1) is 10.3. The first-order valence-electron chi connectivity index (χ1n) is 4.82. The van der Waals surface area contributed by atoms with Crippen molar-refractivity contribution in [2.75, 3.05) is 0 Å². The molecule has 13 heavy (non-hydrogen) atoms. The van der Waals surface area contributed by atoms with Crippen LogP contribution in [0, 0.1) is 0 Å². The van der Waals surface area contributed by atoms with Gasteiger partial charge in [-0.25, -0.2) is 4.98 Å². The molecule has 2 N–H and O–H groups in total. The number of rotatable bonds is 4. The van der Waals surface area contributed by atoms with E-state index in [0.29, 0.717) is 0 Å². The van der Waals surface area contributed by atoms with Gasteiger partial charge in [0.25, 0.3) is 0 Å². The molecule has 1 aromatic heterocycles. The van der Waals surface area contributed by atoms with E-state index in [-0.39, 0.29) is 5.54 Å². The van der Waals surface area contributed by atoms with Gasteiger partial charge in [0.1, 0.15) is 5.82 Å². The Balaban J connectivity index is 2.70. The van der Waals surface area contributed by atoms with Crippen molar-refractivity contribution in [1.82, 2.24) is 9.55 Å². The summed E-state index contributed by atoms with van der Waals surface area (Å²) in [5, 5.41) is 0. The molecule has 0 aliphatic rings. The van der Waals surface area contributed by atoms with Gasteiger partial charge >= 0.3 is 0 Å². The van der Waals surface area contributed by atoms with Gasteiger partial charge in [-0.3, -0.25) is 0 Å². The van der Waals surface area contributed by atoms with Gasteiger partial charge < -0.3 is 10.3 Å². The number of aromatic nitrogens is 2. The van der Waals surface area contributed by atoms with Crippen molar-refractivity contribution in [1.29, 1.82) is 0 Å². The molecular formula is C10H19N3. The van der Waals surface area contributed by atoms with Gasteiger partial charge in [-0.05, 0) is 20.3 Å². The van der Waals surface area contributed by atoms with E-state index < -0.39 is 0 Å². The summed E-state index contributed by atoms with van der Waals surface area (Å²) < 4.78 is 2.18. The number of nitrogens with zero attached hydrogens (tertiary/aromatic N) is 2. The second-order valence-corrected chi connectivity index (χ2v) is 4.20. The highest BCUT2D eigenvalue weighted by atomic mass is 15.1. The quantitative estimate of drug-likeness (QED) is 0.766.